The molecule has 0 nitrogen and oxygen atoms in total. The second-order valence-corrected chi connectivity index (χ2v) is 4.88. The third-order valence-electron chi connectivity index (χ3n) is 2.74. The van der Waals surface area contributed by atoms with Crippen molar-refractivity contribution < 1.29 is 0 Å². The van der Waals surface area contributed by atoms with E-state index in [0.29, 0.717) is 0 Å². The van der Waals surface area contributed by atoms with Crippen molar-refractivity contribution in [2.24, 2.45) is 5.92 Å². The Balaban J connectivity index is 0.00000162. The lowest BCUT2D eigenvalue weighted by molar-refractivity contribution is 0.637. The smallest absolute Gasteiger partial charge is 0.0249 e. The van der Waals surface area contributed by atoms with Crippen molar-refractivity contribution >= 4 is 0 Å². The van der Waals surface area contributed by atoms with Gasteiger partial charge in [-0.05, 0) is 37.0 Å². The summed E-state index contributed by atoms with van der Waals surface area (Å²) in [7, 11) is 0. The van der Waals surface area contributed by atoms with Gasteiger partial charge in [0.05, 0.1) is 0 Å². The molecule has 1 aliphatic rings. The van der Waals surface area contributed by atoms with Crippen LogP contribution in [0, 0.1) is 17.8 Å². The van der Waals surface area contributed by atoms with Gasteiger partial charge >= 0.3 is 0 Å². The monoisotopic (exact) mass is 238 g/mol. The van der Waals surface area contributed by atoms with E-state index in [1.165, 1.54) is 17.6 Å². The predicted molar refractivity (Wildman–Crippen MR) is 80.3 cm³/mol. The van der Waals surface area contributed by atoms with Crippen molar-refractivity contribution in [3.63, 3.8) is 0 Å². The maximum absolute atomic E-state index is 3.24. The molecule has 0 fully saturated rings. The van der Waals surface area contributed by atoms with Crippen molar-refractivity contribution in [3.05, 3.63) is 59.2 Å². The van der Waals surface area contributed by atoms with Crippen LogP contribution < -0.4 is 0 Å². The van der Waals surface area contributed by atoms with E-state index in [9.17, 15) is 0 Å². The highest BCUT2D eigenvalue weighted by Crippen LogP contribution is 2.23. The minimum absolute atomic E-state index is 0. The maximum atomic E-state index is 3.24. The Morgan fingerprint density at radius 1 is 1.11 bits per heavy atom. The molecule has 0 aliphatic heterocycles. The number of hydrogen-bond acceptors (Lipinski definition) is 0. The molecule has 1 aliphatic carbocycles. The first-order chi connectivity index (χ1) is 8.24. The van der Waals surface area contributed by atoms with Gasteiger partial charge in [-0.3, -0.25) is 0 Å². The summed E-state index contributed by atoms with van der Waals surface area (Å²) in [6.45, 7) is 4.52. The summed E-state index contributed by atoms with van der Waals surface area (Å²) >= 11 is 0. The van der Waals surface area contributed by atoms with Crippen LogP contribution in [0.5, 0.6) is 0 Å². The zero-order valence-electron chi connectivity index (χ0n) is 10.5. The molecule has 0 heteroatoms. The molecule has 0 atom stereocenters. The van der Waals surface area contributed by atoms with Gasteiger partial charge in [-0.15, -0.1) is 0 Å². The van der Waals surface area contributed by atoms with Gasteiger partial charge in [-0.1, -0.05) is 63.0 Å². The van der Waals surface area contributed by atoms with E-state index in [2.05, 4.69) is 37.8 Å². The normalized spacial score (nSPS) is 13.3. The van der Waals surface area contributed by atoms with Crippen LogP contribution in [0.25, 0.3) is 0 Å². The minimum atomic E-state index is 0. The molecular formula is C18H22. The van der Waals surface area contributed by atoms with Crippen molar-refractivity contribution in [1.82, 2.24) is 0 Å². The lowest BCUT2D eigenvalue weighted by Crippen LogP contribution is -1.88. The molecule has 18 heavy (non-hydrogen) atoms. The zero-order valence-corrected chi connectivity index (χ0v) is 10.5. The molecule has 0 unspecified atom stereocenters. The van der Waals surface area contributed by atoms with Crippen molar-refractivity contribution in [1.29, 1.82) is 0 Å². The highest BCUT2D eigenvalue weighted by atomic mass is 14.1. The van der Waals surface area contributed by atoms with E-state index >= 15 is 0 Å². The lowest BCUT2D eigenvalue weighted by atomic mass is 10.0. The third kappa shape index (κ3) is 4.26. The molecule has 1 aromatic carbocycles. The number of hydrogen-bond donors (Lipinski definition) is 0. The zero-order chi connectivity index (χ0) is 12.1. The van der Waals surface area contributed by atoms with Gasteiger partial charge in [0.2, 0.25) is 0 Å². The molecule has 94 valence electrons. The summed E-state index contributed by atoms with van der Waals surface area (Å²) in [5.41, 5.74) is 3.76. The molecule has 0 spiro atoms. The lowest BCUT2D eigenvalue weighted by Gasteiger charge is -2.03. The van der Waals surface area contributed by atoms with Gasteiger partial charge in [-0.2, -0.15) is 0 Å². The van der Waals surface area contributed by atoms with Gasteiger partial charge in [0, 0.05) is 11.1 Å². The van der Waals surface area contributed by atoms with Crippen molar-refractivity contribution in [2.45, 2.75) is 34.1 Å². The van der Waals surface area contributed by atoms with Gasteiger partial charge in [0.15, 0.2) is 0 Å². The summed E-state index contributed by atoms with van der Waals surface area (Å²) in [5.74, 6) is 7.17. The summed E-state index contributed by atoms with van der Waals surface area (Å²) < 4.78 is 0. The van der Waals surface area contributed by atoms with E-state index in [0.717, 1.165) is 17.9 Å². The predicted octanol–water partition coefficient (Wildman–Crippen LogP) is 4.98. The first-order valence-corrected chi connectivity index (χ1v) is 6.21. The molecule has 0 saturated carbocycles. The maximum Gasteiger partial charge on any atom is 0.0249 e. The molecule has 0 bridgehead atoms. The van der Waals surface area contributed by atoms with Gasteiger partial charge in [0.1, 0.15) is 0 Å². The van der Waals surface area contributed by atoms with Crippen LogP contribution in [0.4, 0.5) is 0 Å². The Bertz CT molecular complexity index is 490. The second kappa shape index (κ2) is 6.87. The molecule has 0 amide bonds. The number of rotatable bonds is 2. The molecule has 0 N–H and O–H groups in total. The van der Waals surface area contributed by atoms with Gasteiger partial charge in [-0.25, -0.2) is 0 Å². The molecular weight excluding hydrogens is 216 g/mol. The topological polar surface area (TPSA) is 0 Å². The fourth-order valence-corrected chi connectivity index (χ4v) is 2.00. The Labute approximate surface area is 111 Å². The van der Waals surface area contributed by atoms with Crippen LogP contribution in [-0.2, 0) is 0 Å². The minimum Gasteiger partial charge on any atom is -0.0776 e. The van der Waals surface area contributed by atoms with Crippen LogP contribution in [0.3, 0.4) is 0 Å². The van der Waals surface area contributed by atoms with E-state index < -0.39 is 0 Å². The van der Waals surface area contributed by atoms with Gasteiger partial charge < -0.3 is 0 Å². The summed E-state index contributed by atoms with van der Waals surface area (Å²) in [5, 5.41) is 0. The summed E-state index contributed by atoms with van der Waals surface area (Å²) in [6, 6.07) is 10.1. The Morgan fingerprint density at radius 2 is 1.83 bits per heavy atom. The Morgan fingerprint density at radius 3 is 2.50 bits per heavy atom. The quantitative estimate of drug-likeness (QED) is 0.638. The van der Waals surface area contributed by atoms with E-state index in [-0.39, 0.29) is 7.43 Å². The van der Waals surface area contributed by atoms with E-state index in [1.54, 1.807) is 0 Å². The number of benzene rings is 1. The number of allylic oxidation sites excluding steroid dienone is 4. The molecule has 0 aromatic heterocycles. The van der Waals surface area contributed by atoms with Crippen molar-refractivity contribution in [3.8, 4) is 11.8 Å². The van der Waals surface area contributed by atoms with E-state index in [4.69, 9.17) is 0 Å². The second-order valence-electron chi connectivity index (χ2n) is 4.88. The highest BCUT2D eigenvalue weighted by Gasteiger charge is 2.06. The molecule has 1 aromatic rings. The van der Waals surface area contributed by atoms with E-state index in [1.807, 2.05) is 30.3 Å². The van der Waals surface area contributed by atoms with Crippen LogP contribution >= 0.6 is 0 Å². The van der Waals surface area contributed by atoms with Crippen LogP contribution in [0.1, 0.15) is 39.7 Å². The standard InChI is InChI=1S/C17H18.CH4/c1-14(2)12-17-11-10-16(13-17)9-8-15-6-4-3-5-7-15;/h3-7,10,13-14H,11-12H2,1-2H3;1H4. The largest absolute Gasteiger partial charge is 0.0776 e. The Kier molecular flexibility index (Phi) is 5.46. The molecule has 0 heterocycles. The fraction of sp³-hybridized carbons (Fsp3) is 0.333. The summed E-state index contributed by atoms with van der Waals surface area (Å²) in [4.78, 5) is 0. The molecule has 0 saturated heterocycles. The highest BCUT2D eigenvalue weighted by molar-refractivity contribution is 5.49. The van der Waals surface area contributed by atoms with Crippen molar-refractivity contribution in [2.75, 3.05) is 0 Å². The first kappa shape index (κ1) is 14.3. The fourth-order valence-electron chi connectivity index (χ4n) is 2.00. The van der Waals surface area contributed by atoms with Crippen LogP contribution in [0.15, 0.2) is 53.6 Å². The van der Waals surface area contributed by atoms with Crippen LogP contribution in [-0.4, -0.2) is 0 Å². The molecule has 2 rings (SSSR count). The molecule has 0 radical (unpaired) electrons. The third-order valence-corrected chi connectivity index (χ3v) is 2.74. The first-order valence-electron chi connectivity index (χ1n) is 6.21. The summed E-state index contributed by atoms with van der Waals surface area (Å²) in [6.07, 6.45) is 6.74. The Hall–Kier alpha value is -1.74. The SMILES string of the molecule is C.CC(C)CC1=CC(C#Cc2ccccc2)=CC1. The average Bonchev–Trinajstić information content (AvgIpc) is 2.75. The average molecular weight is 238 g/mol. The van der Waals surface area contributed by atoms with Crippen LogP contribution in [0.2, 0.25) is 0 Å². The van der Waals surface area contributed by atoms with Gasteiger partial charge in [0.25, 0.3) is 0 Å².